The summed E-state index contributed by atoms with van der Waals surface area (Å²) < 4.78 is 0. The van der Waals surface area contributed by atoms with Gasteiger partial charge in [0.15, 0.2) is 0 Å². The molecule has 2 aliphatic rings. The van der Waals surface area contributed by atoms with Crippen LogP contribution in [-0.2, 0) is 0 Å². The maximum absolute atomic E-state index is 3.82. The molecular weight excluding hydrogens is 220 g/mol. The molecule has 0 radical (unpaired) electrons. The highest BCUT2D eigenvalue weighted by Crippen LogP contribution is 2.39. The lowest BCUT2D eigenvalue weighted by molar-refractivity contribution is 0.110. The molecule has 1 heterocycles. The zero-order valence-corrected chi connectivity index (χ0v) is 12.6. The van der Waals surface area contributed by atoms with E-state index >= 15 is 0 Å². The average Bonchev–Trinajstić information content (AvgIpc) is 2.99. The van der Waals surface area contributed by atoms with Crippen LogP contribution in [0.1, 0.15) is 65.7 Å². The van der Waals surface area contributed by atoms with Crippen molar-refractivity contribution in [3.63, 3.8) is 0 Å². The summed E-state index contributed by atoms with van der Waals surface area (Å²) in [5.74, 6) is 1.03. The van der Waals surface area contributed by atoms with Gasteiger partial charge in [0.1, 0.15) is 0 Å². The minimum absolute atomic E-state index is 0.722. The third-order valence-electron chi connectivity index (χ3n) is 5.02. The molecule has 2 bridgehead atoms. The van der Waals surface area contributed by atoms with Crippen LogP contribution in [0.25, 0.3) is 0 Å². The molecule has 2 fully saturated rings. The molecule has 18 heavy (non-hydrogen) atoms. The van der Waals surface area contributed by atoms with Gasteiger partial charge in [-0.05, 0) is 51.0 Å². The van der Waals surface area contributed by atoms with Gasteiger partial charge in [0.2, 0.25) is 0 Å². The SMILES string of the molecule is CCCNC(CCC)C(CC)N1CC2CCC1C2. The Kier molecular flexibility index (Phi) is 5.50. The molecule has 0 amide bonds. The van der Waals surface area contributed by atoms with Gasteiger partial charge >= 0.3 is 0 Å². The second-order valence-electron chi connectivity index (χ2n) is 6.35. The van der Waals surface area contributed by atoms with Crippen molar-refractivity contribution in [3.8, 4) is 0 Å². The molecule has 0 aromatic heterocycles. The second-order valence-corrected chi connectivity index (χ2v) is 6.35. The van der Waals surface area contributed by atoms with Crippen LogP contribution in [0.4, 0.5) is 0 Å². The minimum Gasteiger partial charge on any atom is -0.312 e. The van der Waals surface area contributed by atoms with Crippen molar-refractivity contribution < 1.29 is 0 Å². The number of nitrogens with zero attached hydrogens (tertiary/aromatic N) is 1. The maximum Gasteiger partial charge on any atom is 0.0249 e. The first-order valence-electron chi connectivity index (χ1n) is 8.29. The van der Waals surface area contributed by atoms with E-state index in [1.54, 1.807) is 0 Å². The largest absolute Gasteiger partial charge is 0.312 e. The molecule has 2 nitrogen and oxygen atoms in total. The number of rotatable bonds is 8. The predicted octanol–water partition coefficient (Wildman–Crippen LogP) is 3.42. The van der Waals surface area contributed by atoms with E-state index < -0.39 is 0 Å². The third kappa shape index (κ3) is 3.08. The van der Waals surface area contributed by atoms with Gasteiger partial charge in [0, 0.05) is 24.7 Å². The maximum atomic E-state index is 3.82. The van der Waals surface area contributed by atoms with Crippen LogP contribution in [0.2, 0.25) is 0 Å². The van der Waals surface area contributed by atoms with Crippen molar-refractivity contribution in [2.75, 3.05) is 13.1 Å². The lowest BCUT2D eigenvalue weighted by Crippen LogP contribution is -2.52. The summed E-state index contributed by atoms with van der Waals surface area (Å²) in [6.45, 7) is 9.55. The minimum atomic E-state index is 0.722. The molecule has 1 aliphatic heterocycles. The van der Waals surface area contributed by atoms with Crippen LogP contribution in [0.5, 0.6) is 0 Å². The molecule has 0 spiro atoms. The second kappa shape index (κ2) is 6.91. The Hall–Kier alpha value is -0.0800. The number of likely N-dealkylation sites (tertiary alicyclic amines) is 1. The van der Waals surface area contributed by atoms with E-state index in [4.69, 9.17) is 0 Å². The molecule has 0 aromatic rings. The molecule has 106 valence electrons. The molecule has 1 saturated carbocycles. The van der Waals surface area contributed by atoms with Gasteiger partial charge in [0.25, 0.3) is 0 Å². The Morgan fingerprint density at radius 3 is 2.50 bits per heavy atom. The van der Waals surface area contributed by atoms with E-state index in [0.717, 1.165) is 24.0 Å². The lowest BCUT2D eigenvalue weighted by atomic mass is 9.96. The van der Waals surface area contributed by atoms with Gasteiger partial charge in [-0.25, -0.2) is 0 Å². The summed E-state index contributed by atoms with van der Waals surface area (Å²) >= 11 is 0. The topological polar surface area (TPSA) is 15.3 Å². The number of nitrogens with one attached hydrogen (secondary N) is 1. The van der Waals surface area contributed by atoms with E-state index in [2.05, 4.69) is 31.0 Å². The fraction of sp³-hybridized carbons (Fsp3) is 1.00. The van der Waals surface area contributed by atoms with Gasteiger partial charge in [0.05, 0.1) is 0 Å². The van der Waals surface area contributed by atoms with Crippen molar-refractivity contribution in [2.45, 2.75) is 83.8 Å². The summed E-state index contributed by atoms with van der Waals surface area (Å²) in [6.07, 6.45) is 9.66. The van der Waals surface area contributed by atoms with Crippen molar-refractivity contribution in [1.82, 2.24) is 10.2 Å². The van der Waals surface area contributed by atoms with E-state index in [-0.39, 0.29) is 0 Å². The number of piperidine rings is 1. The number of fused-ring (bicyclic) bond motifs is 2. The summed E-state index contributed by atoms with van der Waals surface area (Å²) in [4.78, 5) is 2.86. The molecule has 1 saturated heterocycles. The lowest BCUT2D eigenvalue weighted by Gasteiger charge is -2.39. The third-order valence-corrected chi connectivity index (χ3v) is 5.02. The Labute approximate surface area is 114 Å². The zero-order chi connectivity index (χ0) is 13.0. The molecule has 0 aromatic carbocycles. The highest BCUT2D eigenvalue weighted by atomic mass is 15.2. The van der Waals surface area contributed by atoms with Gasteiger partial charge in [-0.3, -0.25) is 4.90 Å². The van der Waals surface area contributed by atoms with Crippen LogP contribution >= 0.6 is 0 Å². The predicted molar refractivity (Wildman–Crippen MR) is 78.9 cm³/mol. The van der Waals surface area contributed by atoms with Crippen molar-refractivity contribution in [2.24, 2.45) is 5.92 Å². The van der Waals surface area contributed by atoms with Crippen LogP contribution < -0.4 is 5.32 Å². The van der Waals surface area contributed by atoms with Crippen molar-refractivity contribution >= 4 is 0 Å². The summed E-state index contributed by atoms with van der Waals surface area (Å²) in [7, 11) is 0. The molecule has 2 heteroatoms. The highest BCUT2D eigenvalue weighted by Gasteiger charge is 2.42. The molecule has 2 rings (SSSR count). The van der Waals surface area contributed by atoms with Gasteiger partial charge in [-0.1, -0.05) is 27.2 Å². The molecule has 1 N–H and O–H groups in total. The first kappa shape index (κ1) is 14.3. The van der Waals surface area contributed by atoms with Crippen LogP contribution in [0.15, 0.2) is 0 Å². The Bertz CT molecular complexity index is 241. The zero-order valence-electron chi connectivity index (χ0n) is 12.6. The number of hydrogen-bond acceptors (Lipinski definition) is 2. The highest BCUT2D eigenvalue weighted by molar-refractivity contribution is 4.97. The standard InChI is InChI=1S/C16H32N2/c1-4-7-15(17-10-5-2)16(6-3)18-12-13-8-9-14(18)11-13/h13-17H,4-12H2,1-3H3. The van der Waals surface area contributed by atoms with Gasteiger partial charge in [-0.15, -0.1) is 0 Å². The van der Waals surface area contributed by atoms with Gasteiger partial charge < -0.3 is 5.32 Å². The van der Waals surface area contributed by atoms with Crippen LogP contribution in [0, 0.1) is 5.92 Å². The molecule has 4 unspecified atom stereocenters. The fourth-order valence-electron chi connectivity index (χ4n) is 4.19. The quantitative estimate of drug-likeness (QED) is 0.712. The van der Waals surface area contributed by atoms with E-state index in [1.165, 1.54) is 58.0 Å². The van der Waals surface area contributed by atoms with E-state index in [9.17, 15) is 0 Å². The Balaban J connectivity index is 1.95. The van der Waals surface area contributed by atoms with Crippen LogP contribution in [0.3, 0.4) is 0 Å². The smallest absolute Gasteiger partial charge is 0.0249 e. The summed E-state index contributed by atoms with van der Waals surface area (Å²) in [5.41, 5.74) is 0. The molecular formula is C16H32N2. The van der Waals surface area contributed by atoms with Crippen LogP contribution in [-0.4, -0.2) is 36.1 Å². The van der Waals surface area contributed by atoms with Crippen molar-refractivity contribution in [3.05, 3.63) is 0 Å². The summed E-state index contributed by atoms with van der Waals surface area (Å²) in [5, 5.41) is 3.82. The van der Waals surface area contributed by atoms with E-state index in [1.807, 2.05) is 0 Å². The van der Waals surface area contributed by atoms with Gasteiger partial charge in [-0.2, -0.15) is 0 Å². The first-order chi connectivity index (χ1) is 8.80. The molecule has 4 atom stereocenters. The Morgan fingerprint density at radius 2 is 2.00 bits per heavy atom. The monoisotopic (exact) mass is 252 g/mol. The van der Waals surface area contributed by atoms with E-state index in [0.29, 0.717) is 0 Å². The normalized spacial score (nSPS) is 30.8. The van der Waals surface area contributed by atoms with Crippen molar-refractivity contribution in [1.29, 1.82) is 0 Å². The first-order valence-corrected chi connectivity index (χ1v) is 8.29. The Morgan fingerprint density at radius 1 is 1.17 bits per heavy atom. The fourth-order valence-corrected chi connectivity index (χ4v) is 4.19. The summed E-state index contributed by atoms with van der Waals surface area (Å²) in [6, 6.07) is 2.42. The average molecular weight is 252 g/mol. The molecule has 1 aliphatic carbocycles. The number of hydrogen-bond donors (Lipinski definition) is 1.